The maximum Gasteiger partial charge on any atom is 0.306 e. The van der Waals surface area contributed by atoms with Gasteiger partial charge in [0, 0.05) is 13.0 Å². The summed E-state index contributed by atoms with van der Waals surface area (Å²) in [4.78, 5) is 24.7. The molecule has 0 N–H and O–H groups in total. The van der Waals surface area contributed by atoms with Crippen LogP contribution in [0.2, 0.25) is 0 Å². The van der Waals surface area contributed by atoms with E-state index < -0.39 is 13.9 Å². The highest BCUT2D eigenvalue weighted by molar-refractivity contribution is 7.45. The van der Waals surface area contributed by atoms with E-state index in [1.807, 2.05) is 21.1 Å². The molecule has 0 aromatic rings. The van der Waals surface area contributed by atoms with Gasteiger partial charge in [-0.3, -0.25) is 9.36 Å². The van der Waals surface area contributed by atoms with E-state index in [4.69, 9.17) is 18.5 Å². The lowest BCUT2D eigenvalue weighted by atomic mass is 10.1. The zero-order valence-corrected chi connectivity index (χ0v) is 33.5. The average Bonchev–Trinajstić information content (AvgIpc) is 3.06. The summed E-state index contributed by atoms with van der Waals surface area (Å²) in [6, 6.07) is 0. The second-order valence-corrected chi connectivity index (χ2v) is 15.3. The van der Waals surface area contributed by atoms with Crippen LogP contribution in [-0.2, 0) is 27.9 Å². The Kier molecular flexibility index (Phi) is 33.1. The van der Waals surface area contributed by atoms with E-state index in [0.29, 0.717) is 24.1 Å². The lowest BCUT2D eigenvalue weighted by Crippen LogP contribution is -2.37. The van der Waals surface area contributed by atoms with Crippen LogP contribution in [0.15, 0.2) is 60.8 Å². The third-order valence-electron chi connectivity index (χ3n) is 7.83. The van der Waals surface area contributed by atoms with Gasteiger partial charge in [0.2, 0.25) is 0 Å². The van der Waals surface area contributed by atoms with Gasteiger partial charge in [-0.1, -0.05) is 132 Å². The quantitative estimate of drug-likeness (QED) is 0.0211. The van der Waals surface area contributed by atoms with Gasteiger partial charge in [-0.2, -0.15) is 0 Å². The van der Waals surface area contributed by atoms with E-state index in [0.717, 1.165) is 77.0 Å². The van der Waals surface area contributed by atoms with Gasteiger partial charge < -0.3 is 27.9 Å². The maximum absolute atomic E-state index is 12.5. The molecule has 0 heterocycles. The molecule has 8 nitrogen and oxygen atoms in total. The summed E-state index contributed by atoms with van der Waals surface area (Å²) in [6.45, 7) is 5.17. The molecule has 0 bridgehead atoms. The van der Waals surface area contributed by atoms with Gasteiger partial charge in [-0.25, -0.2) is 0 Å². The number of phosphoric ester groups is 1. The van der Waals surface area contributed by atoms with Crippen LogP contribution < -0.4 is 4.89 Å². The maximum atomic E-state index is 12.5. The zero-order chi connectivity index (χ0) is 37.0. The number of hydrogen-bond acceptors (Lipinski definition) is 7. The predicted molar refractivity (Wildman–Crippen MR) is 208 cm³/mol. The van der Waals surface area contributed by atoms with Crippen LogP contribution in [0, 0.1) is 0 Å². The molecule has 0 radical (unpaired) electrons. The van der Waals surface area contributed by atoms with E-state index >= 15 is 0 Å². The number of rotatable bonds is 35. The van der Waals surface area contributed by atoms with Gasteiger partial charge >= 0.3 is 5.97 Å². The van der Waals surface area contributed by atoms with Crippen molar-refractivity contribution in [2.75, 3.05) is 54.1 Å². The largest absolute Gasteiger partial charge is 0.756 e. The van der Waals surface area contributed by atoms with Crippen LogP contribution in [0.25, 0.3) is 0 Å². The van der Waals surface area contributed by atoms with Crippen LogP contribution >= 0.6 is 7.82 Å². The van der Waals surface area contributed by atoms with Crippen molar-refractivity contribution in [2.24, 2.45) is 0 Å². The number of likely N-dealkylation sites (N-methyl/N-ethyl adjacent to an activating group) is 1. The van der Waals surface area contributed by atoms with E-state index in [1.165, 1.54) is 38.5 Å². The molecule has 0 rings (SSSR count). The van der Waals surface area contributed by atoms with Crippen LogP contribution in [0.1, 0.15) is 136 Å². The molecule has 0 aliphatic carbocycles. The molecule has 0 spiro atoms. The molecule has 0 aromatic heterocycles. The van der Waals surface area contributed by atoms with Gasteiger partial charge in [0.15, 0.2) is 0 Å². The van der Waals surface area contributed by atoms with Crippen molar-refractivity contribution in [3.05, 3.63) is 60.8 Å². The molecule has 9 heteroatoms. The van der Waals surface area contributed by atoms with Gasteiger partial charge in [0.05, 0.1) is 34.4 Å². The van der Waals surface area contributed by atoms with E-state index in [2.05, 4.69) is 74.6 Å². The van der Waals surface area contributed by atoms with Gasteiger partial charge in [0.25, 0.3) is 7.82 Å². The molecule has 0 saturated carbocycles. The minimum Gasteiger partial charge on any atom is -0.756 e. The Morgan fingerprint density at radius 3 is 1.74 bits per heavy atom. The second kappa shape index (κ2) is 34.3. The van der Waals surface area contributed by atoms with Crippen molar-refractivity contribution < 1.29 is 37.3 Å². The van der Waals surface area contributed by atoms with Crippen LogP contribution in [0.5, 0.6) is 0 Å². The highest BCUT2D eigenvalue weighted by Gasteiger charge is 2.20. The van der Waals surface area contributed by atoms with Crippen LogP contribution in [-0.4, -0.2) is 70.7 Å². The Bertz CT molecular complexity index is 984. The average molecular weight is 724 g/mol. The first kappa shape index (κ1) is 48.2. The lowest BCUT2D eigenvalue weighted by molar-refractivity contribution is -0.870. The van der Waals surface area contributed by atoms with Crippen molar-refractivity contribution in [3.8, 4) is 0 Å². The van der Waals surface area contributed by atoms with Crippen molar-refractivity contribution in [2.45, 2.75) is 142 Å². The summed E-state index contributed by atoms with van der Waals surface area (Å²) in [5.41, 5.74) is 0. The fourth-order valence-electron chi connectivity index (χ4n) is 4.81. The first-order chi connectivity index (χ1) is 24.1. The summed E-state index contributed by atoms with van der Waals surface area (Å²) in [7, 11) is 1.33. The number of ether oxygens (including phenoxy) is 2. The number of hydrogen-bond donors (Lipinski definition) is 0. The fourth-order valence-corrected chi connectivity index (χ4v) is 5.53. The predicted octanol–water partition coefficient (Wildman–Crippen LogP) is 10.4. The molecule has 0 aliphatic rings. The molecule has 0 saturated heterocycles. The Labute approximate surface area is 307 Å². The number of esters is 1. The highest BCUT2D eigenvalue weighted by Crippen LogP contribution is 2.38. The van der Waals surface area contributed by atoms with Crippen LogP contribution in [0.4, 0.5) is 0 Å². The number of allylic oxidation sites excluding steroid dienone is 10. The van der Waals surface area contributed by atoms with E-state index in [9.17, 15) is 14.3 Å². The molecular formula is C41H74NO7P. The second-order valence-electron chi connectivity index (χ2n) is 13.9. The molecule has 2 unspecified atom stereocenters. The third-order valence-corrected chi connectivity index (χ3v) is 8.80. The molecule has 0 fully saturated rings. The number of unbranched alkanes of at least 4 members (excludes halogenated alkanes) is 11. The molecule has 0 amide bonds. The number of phosphoric acid groups is 1. The van der Waals surface area contributed by atoms with Gasteiger partial charge in [0.1, 0.15) is 19.3 Å². The topological polar surface area (TPSA) is 94.1 Å². The summed E-state index contributed by atoms with van der Waals surface area (Å²) >= 11 is 0. The molecule has 2 atom stereocenters. The SMILES string of the molecule is CC/C=C\C/C=C\C/C=C\C/C=C\C/C=C\CCCCCCCCOCC(COP(=O)([O-])OCC[N+](C)(C)C)OC(=O)CCCCCCCC. The molecule has 0 aliphatic heterocycles. The Morgan fingerprint density at radius 2 is 1.16 bits per heavy atom. The summed E-state index contributed by atoms with van der Waals surface area (Å²) in [6.07, 6.45) is 41.2. The van der Waals surface area contributed by atoms with Crippen molar-refractivity contribution in [3.63, 3.8) is 0 Å². The number of carbonyl (C=O) groups excluding carboxylic acids is 1. The first-order valence-corrected chi connectivity index (χ1v) is 21.0. The first-order valence-electron chi connectivity index (χ1n) is 19.5. The van der Waals surface area contributed by atoms with Crippen molar-refractivity contribution in [1.29, 1.82) is 0 Å². The Balaban J connectivity index is 4.14. The third kappa shape index (κ3) is 37.5. The van der Waals surface area contributed by atoms with E-state index in [-0.39, 0.29) is 25.8 Å². The molecule has 0 aromatic carbocycles. The molecule has 50 heavy (non-hydrogen) atoms. The minimum absolute atomic E-state index is 0.0205. The Morgan fingerprint density at radius 1 is 0.640 bits per heavy atom. The van der Waals surface area contributed by atoms with E-state index in [1.54, 1.807) is 0 Å². The smallest absolute Gasteiger partial charge is 0.306 e. The number of nitrogens with zero attached hydrogens (tertiary/aromatic N) is 1. The summed E-state index contributed by atoms with van der Waals surface area (Å²) in [5, 5.41) is 0. The fraction of sp³-hybridized carbons (Fsp3) is 0.732. The molecule has 290 valence electrons. The summed E-state index contributed by atoms with van der Waals surface area (Å²) in [5.74, 6) is -0.353. The zero-order valence-electron chi connectivity index (χ0n) is 32.6. The normalized spacial score (nSPS) is 14.6. The van der Waals surface area contributed by atoms with Gasteiger partial charge in [-0.15, -0.1) is 0 Å². The van der Waals surface area contributed by atoms with Crippen molar-refractivity contribution >= 4 is 13.8 Å². The lowest BCUT2D eigenvalue weighted by Gasteiger charge is -2.28. The number of carbonyl (C=O) groups is 1. The van der Waals surface area contributed by atoms with Gasteiger partial charge in [-0.05, 0) is 57.8 Å². The standard InChI is InChI=1S/C41H74NO7P/c1-6-8-10-12-14-15-16-17-18-19-20-21-22-23-24-25-26-27-28-29-31-33-36-46-38-40(49-41(43)34-32-30-13-11-9-7-2)39-48-50(44,45)47-37-35-42(3,4)5/h8,10,14-15,17-18,20-21,23-24,40H,6-7,9,11-13,16,19,22,25-39H2,1-5H3/b10-8-,15-14-,18-17-,21-20-,24-23-. The summed E-state index contributed by atoms with van der Waals surface area (Å²) < 4.78 is 34.3. The van der Waals surface area contributed by atoms with Crippen LogP contribution in [0.3, 0.4) is 0 Å². The highest BCUT2D eigenvalue weighted by atomic mass is 31.2. The monoisotopic (exact) mass is 724 g/mol. The Hall–Kier alpha value is -1.80. The van der Waals surface area contributed by atoms with Crippen molar-refractivity contribution in [1.82, 2.24) is 0 Å². The number of quaternary nitrogens is 1. The molecular weight excluding hydrogens is 649 g/mol. The minimum atomic E-state index is -4.52.